The number of nitrogens with zero attached hydrogens (tertiary/aromatic N) is 3. The monoisotopic (exact) mass is 2300 g/mol. The van der Waals surface area contributed by atoms with Gasteiger partial charge in [0, 0.05) is 132 Å². The van der Waals surface area contributed by atoms with E-state index in [-0.39, 0.29) is 41.5 Å². The Bertz CT molecular complexity index is 8280. The number of aromatic nitrogens is 5. The maximum absolute atomic E-state index is 12.4. The number of fused-ring (bicyclic) bond motifs is 15. The number of rotatable bonds is 21. The Kier molecular flexibility index (Phi) is 39.2. The number of ether oxygens (including phenoxy) is 4. The molecule has 0 spiro atoms. The van der Waals surface area contributed by atoms with Crippen molar-refractivity contribution in [2.75, 3.05) is 24.7 Å². The van der Waals surface area contributed by atoms with Gasteiger partial charge in [0.25, 0.3) is 12.9 Å². The van der Waals surface area contributed by atoms with Crippen molar-refractivity contribution < 1.29 is 86.7 Å². The molecule has 0 aliphatic heterocycles. The summed E-state index contributed by atoms with van der Waals surface area (Å²) in [5.41, 5.74) is 35.1. The molecule has 8 N–H and O–H groups in total. The van der Waals surface area contributed by atoms with Crippen molar-refractivity contribution in [2.45, 2.75) is 92.9 Å². The van der Waals surface area contributed by atoms with E-state index in [2.05, 4.69) is 257 Å². The number of H-pyrrole nitrogens is 2. The minimum absolute atomic E-state index is 0.190. The Morgan fingerprint density at radius 1 is 0.342 bits per heavy atom. The average molecular weight is 2300 g/mol. The summed E-state index contributed by atoms with van der Waals surface area (Å²) in [7, 11) is 0. The highest BCUT2D eigenvalue weighted by atomic mass is 127. The number of nitrogens with two attached hydrogens (primary N) is 2. The van der Waals surface area contributed by atoms with Gasteiger partial charge in [0.05, 0.1) is 68.6 Å². The first kappa shape index (κ1) is 109. The van der Waals surface area contributed by atoms with Crippen molar-refractivity contribution in [1.29, 1.82) is 0 Å². The highest BCUT2D eigenvalue weighted by Crippen LogP contribution is 2.40. The number of carbonyl (C=O) groups is 6. The zero-order valence-electron chi connectivity index (χ0n) is 80.0. The number of hydrogen-bond acceptors (Lipinski definition) is 18. The van der Waals surface area contributed by atoms with Crippen molar-refractivity contribution in [3.63, 3.8) is 0 Å². The molecule has 0 amide bonds. The van der Waals surface area contributed by atoms with Crippen LogP contribution in [-0.4, -0.2) is 102 Å². The van der Waals surface area contributed by atoms with Crippen LogP contribution in [-0.2, 0) is 67.1 Å². The summed E-state index contributed by atoms with van der Waals surface area (Å²) >= 11 is 11.6. The van der Waals surface area contributed by atoms with E-state index in [1.165, 1.54) is 62.0 Å². The predicted molar refractivity (Wildman–Crippen MR) is 593 cm³/mol. The van der Waals surface area contributed by atoms with Gasteiger partial charge in [0.1, 0.15) is 11.5 Å². The number of carbonyl (C=O) groups excluding carboxylic acids is 10. The Morgan fingerprint density at radius 2 is 0.637 bits per heavy atom. The smallest absolute Gasteiger partial charge is 0.373 e. The van der Waals surface area contributed by atoms with Crippen LogP contribution in [0.5, 0.6) is 11.5 Å². The molecule has 0 bridgehead atoms. The minimum atomic E-state index is -0.999. The second kappa shape index (κ2) is 52.7. The number of aromatic carboxylic acids is 2. The molecule has 0 fully saturated rings. The van der Waals surface area contributed by atoms with E-state index in [0.717, 1.165) is 171 Å². The number of nitrogens with one attached hydrogen (secondary N) is 2. The number of hydrogen-bond donors (Lipinski definition) is 6. The van der Waals surface area contributed by atoms with Gasteiger partial charge in [-0.1, -0.05) is 127 Å². The maximum Gasteiger partial charge on any atom is 0.373 e. The first-order chi connectivity index (χ1) is 70.6. The van der Waals surface area contributed by atoms with E-state index >= 15 is 0 Å². The van der Waals surface area contributed by atoms with E-state index in [1.807, 2.05) is 128 Å². The van der Waals surface area contributed by atoms with Gasteiger partial charge in [-0.05, 0) is 374 Å². The number of benzene rings is 15. The third-order valence-corrected chi connectivity index (χ3v) is 25.4. The van der Waals surface area contributed by atoms with E-state index in [4.69, 9.17) is 64.3 Å². The predicted octanol–water partition coefficient (Wildman–Crippen LogP) is 27.0. The number of nitrogen functional groups attached to an aromatic ring is 2. The lowest BCUT2D eigenvalue weighted by atomic mass is 10.0. The second-order valence-electron chi connectivity index (χ2n) is 33.1. The third-order valence-electron chi connectivity index (χ3n) is 23.1. The van der Waals surface area contributed by atoms with Gasteiger partial charge in [-0.15, -0.1) is 0 Å². The molecule has 146 heavy (non-hydrogen) atoms. The van der Waals surface area contributed by atoms with Crippen LogP contribution >= 0.6 is 77.0 Å². The van der Waals surface area contributed by atoms with Crippen molar-refractivity contribution in [1.82, 2.24) is 23.7 Å². The molecule has 0 aliphatic rings. The van der Waals surface area contributed by atoms with Crippen LogP contribution in [0.1, 0.15) is 142 Å². The molecule has 15 aromatic carbocycles. The maximum atomic E-state index is 12.4. The molecule has 20 aromatic rings. The number of esters is 2. The summed E-state index contributed by atoms with van der Waals surface area (Å²) in [5, 5.41) is 28.6. The number of aromatic amines is 2. The molecule has 5 aromatic heterocycles. The average Bonchev–Trinajstić information content (AvgIpc) is 1.60. The molecule has 29 heteroatoms. The zero-order chi connectivity index (χ0) is 105. The SMILES string of the molecule is CCCOC(=O)c1ccc2[nH]c3ccc(CCC)cc3c2c1.CCCOC(=O)c1ccc2c(c1)c1cc(CCC)ccc1n2-c1ccc(I)cc1.CCCc1ccc2c(c1)c1cc(C)ccc1n2-c1ccc(C#Cc2cc(Br)cc(Br)c2)cc1.Nc1ccc(-n2c3ccc(OC=O)cc3c3cc(C(=O)O)ccc32)cc1.Nc1ccc(I)cc1.O=C=O.O=C=O.O=C=O.O=COc1ccc2[nH]c3ccc(C(=O)O)cc3c2c1. The van der Waals surface area contributed by atoms with Crippen LogP contribution in [0.2, 0.25) is 0 Å². The van der Waals surface area contributed by atoms with Crippen molar-refractivity contribution >= 4 is 253 Å². The largest absolute Gasteiger partial charge is 0.478 e. The standard InChI is InChI=1S/C30H23Br2N.C25H24INO2.C20H14N2O4.C19H21NO2.C14H9NO4.C6H6IN.3CO2/c1-3-4-22-10-14-30-28(18-22)27-15-20(2)5-13-29(27)33(30)26-11-8-21(9-12-26)6-7-23-16-24(31)19-25(32)17-23;1-3-5-17-6-12-23-21(15-17)22-16-18(25(28)29-14-4-2)7-13-24(22)27(23)20-10-8-19(26)9-11-20;21-13-2-4-14(5-3-13)22-18-7-1-12(20(24)25)9-16(18)17-10-15(26-11-23)6-8-19(17)22;1-3-5-13-6-8-17-15(11-13)16-12-14(7-9-18(16)20-17)19(21)22-10-4-2;16-7-19-9-2-4-13-11(6-9)10-5-8(14(17)18)1-3-12(10)15-13;7-5-1-3-6(8)4-2-5;3*2-1-3/h5,8-19H,3-4H2,1-2H3;6-13,15-16H,3-5,14H2,1-2H3;1-11H,21H2,(H,24,25);6-9,11-12,20H,3-5,10H2,1-2H3;1-7,15H,(H,17,18);1-4H,8H2;;;. The van der Waals surface area contributed by atoms with Crippen LogP contribution in [0, 0.1) is 25.9 Å². The van der Waals surface area contributed by atoms with Crippen molar-refractivity contribution in [3.8, 4) is 40.4 Å². The fraction of sp³-hybridized carbons (Fsp3) is 0.137. The highest BCUT2D eigenvalue weighted by Gasteiger charge is 2.22. The molecule has 0 saturated heterocycles. The van der Waals surface area contributed by atoms with Crippen molar-refractivity contribution in [2.24, 2.45) is 0 Å². The van der Waals surface area contributed by atoms with Crippen LogP contribution in [0.25, 0.3) is 126 Å². The topological polar surface area (TPSA) is 381 Å². The summed E-state index contributed by atoms with van der Waals surface area (Å²) in [4.78, 5) is 123. The third kappa shape index (κ3) is 27.4. The quantitative estimate of drug-likeness (QED) is 0.0128. The summed E-state index contributed by atoms with van der Waals surface area (Å²) < 4.78 is 31.4. The molecule has 736 valence electrons. The fourth-order valence-electron chi connectivity index (χ4n) is 16.7. The number of carboxylic acid groups (broad SMARTS) is 2. The van der Waals surface area contributed by atoms with Gasteiger partial charge in [-0.3, -0.25) is 9.59 Å². The van der Waals surface area contributed by atoms with Gasteiger partial charge < -0.3 is 64.3 Å². The van der Waals surface area contributed by atoms with Gasteiger partial charge in [0.2, 0.25) is 0 Å². The molecule has 0 aliphatic carbocycles. The van der Waals surface area contributed by atoms with E-state index in [1.54, 1.807) is 66.7 Å². The molecule has 25 nitrogen and oxygen atoms in total. The second-order valence-corrected chi connectivity index (χ2v) is 37.4. The molecular formula is C117H97Br2I2N7O18. The van der Waals surface area contributed by atoms with Gasteiger partial charge in [0.15, 0.2) is 0 Å². The van der Waals surface area contributed by atoms with Crippen molar-refractivity contribution in [3.05, 3.63) is 369 Å². The zero-order valence-corrected chi connectivity index (χ0v) is 87.4. The number of halogens is 4. The number of anilines is 2. The summed E-state index contributed by atoms with van der Waals surface area (Å²) in [6.07, 6.45) is 9.02. The molecule has 5 heterocycles. The van der Waals surface area contributed by atoms with Crippen LogP contribution in [0.3, 0.4) is 0 Å². The minimum Gasteiger partial charge on any atom is -0.478 e. The molecule has 20 rings (SSSR count). The Balaban J connectivity index is 0.000000157. The Morgan fingerprint density at radius 3 is 1.07 bits per heavy atom. The van der Waals surface area contributed by atoms with E-state index < -0.39 is 11.9 Å². The molecule has 0 saturated carbocycles. The molecule has 0 radical (unpaired) electrons. The van der Waals surface area contributed by atoms with Gasteiger partial charge >= 0.3 is 42.3 Å². The molecular weight excluding hydrogens is 2200 g/mol. The molecule has 0 atom stereocenters. The summed E-state index contributed by atoms with van der Waals surface area (Å²) in [5.74, 6) is 4.89. The lowest BCUT2D eigenvalue weighted by Crippen LogP contribution is -2.05. The van der Waals surface area contributed by atoms with Gasteiger partial charge in [-0.2, -0.15) is 28.8 Å². The first-order valence-electron chi connectivity index (χ1n) is 46.2. The summed E-state index contributed by atoms with van der Waals surface area (Å²) in [6, 6.07) is 97.0. The lowest BCUT2D eigenvalue weighted by molar-refractivity contribution is -0.193. The summed E-state index contributed by atoms with van der Waals surface area (Å²) in [6.45, 7) is 14.4. The van der Waals surface area contributed by atoms with E-state index in [9.17, 15) is 33.9 Å². The van der Waals surface area contributed by atoms with Crippen LogP contribution in [0.4, 0.5) is 11.4 Å². The number of aryl methyl sites for hydroxylation is 4. The van der Waals surface area contributed by atoms with Crippen LogP contribution in [0.15, 0.2) is 306 Å². The Hall–Kier alpha value is -16.2. The van der Waals surface area contributed by atoms with E-state index in [0.29, 0.717) is 54.5 Å². The number of carboxylic acids is 2. The van der Waals surface area contributed by atoms with Crippen LogP contribution < -0.4 is 20.9 Å². The lowest BCUT2D eigenvalue weighted by Gasteiger charge is -2.09. The van der Waals surface area contributed by atoms with Gasteiger partial charge in [-0.25, -0.2) is 19.2 Å². The highest BCUT2D eigenvalue weighted by molar-refractivity contribution is 14.1. The Labute approximate surface area is 882 Å². The fourth-order valence-corrected chi connectivity index (χ4v) is 18.7. The molecule has 0 unspecified atom stereocenters. The first-order valence-corrected chi connectivity index (χ1v) is 49.9. The normalized spacial score (nSPS) is 10.4.